The molecule has 1 saturated heterocycles. The van der Waals surface area contributed by atoms with E-state index in [1.54, 1.807) is 11.3 Å². The average molecular weight is 457 g/mol. The summed E-state index contributed by atoms with van der Waals surface area (Å²) in [4.78, 5) is 23.9. The van der Waals surface area contributed by atoms with Crippen LogP contribution in [0.4, 0.5) is 5.69 Å². The number of aromatic nitrogens is 3. The number of benzene rings is 2. The molecule has 0 spiro atoms. The topological polar surface area (TPSA) is 72.1 Å². The molecule has 3 heterocycles. The first kappa shape index (κ1) is 20.3. The molecule has 2 fully saturated rings. The third kappa shape index (κ3) is 3.86. The second kappa shape index (κ2) is 7.92. The maximum absolute atomic E-state index is 12.7. The SMILES string of the molecule is Cc1ccc(N2C[C@H](c3nc(-c4ccc(-c5csc(C6CC6)n5)cc4)no3)CC2=O)cc1C. The predicted octanol–water partition coefficient (Wildman–Crippen LogP) is 5.87. The van der Waals surface area contributed by atoms with E-state index in [4.69, 9.17) is 9.51 Å². The summed E-state index contributed by atoms with van der Waals surface area (Å²) in [6.07, 6.45) is 2.91. The molecule has 166 valence electrons. The Morgan fingerprint density at radius 3 is 2.52 bits per heavy atom. The Hall–Kier alpha value is -3.32. The Morgan fingerprint density at radius 2 is 1.76 bits per heavy atom. The first-order valence-corrected chi connectivity index (χ1v) is 12.2. The van der Waals surface area contributed by atoms with Gasteiger partial charge in [0.15, 0.2) is 0 Å². The quantitative estimate of drug-likeness (QED) is 0.375. The summed E-state index contributed by atoms with van der Waals surface area (Å²) in [6.45, 7) is 4.68. The van der Waals surface area contributed by atoms with Gasteiger partial charge < -0.3 is 9.42 Å². The lowest BCUT2D eigenvalue weighted by Gasteiger charge is -2.17. The molecule has 1 aliphatic heterocycles. The molecule has 7 heteroatoms. The Balaban J connectivity index is 1.18. The van der Waals surface area contributed by atoms with Gasteiger partial charge in [-0.1, -0.05) is 35.5 Å². The lowest BCUT2D eigenvalue weighted by molar-refractivity contribution is -0.117. The molecule has 0 N–H and O–H groups in total. The van der Waals surface area contributed by atoms with Crippen LogP contribution in [0.1, 0.15) is 53.1 Å². The summed E-state index contributed by atoms with van der Waals surface area (Å²) in [6, 6.07) is 14.2. The molecular weight excluding hydrogens is 432 g/mol. The van der Waals surface area contributed by atoms with E-state index >= 15 is 0 Å². The van der Waals surface area contributed by atoms with E-state index < -0.39 is 0 Å². The van der Waals surface area contributed by atoms with Gasteiger partial charge in [0.1, 0.15) is 0 Å². The standard InChI is InChI=1S/C26H24N4O2S/c1-15-3-10-21(11-16(15)2)30-13-20(12-23(30)31)25-28-24(29-32-25)18-6-4-17(5-7-18)22-14-33-26(27-22)19-8-9-19/h3-7,10-11,14,19-20H,8-9,12-13H2,1-2H3/t20-/m1/s1. The number of hydrogen-bond donors (Lipinski definition) is 0. The van der Waals surface area contributed by atoms with Gasteiger partial charge in [0, 0.05) is 41.1 Å². The van der Waals surface area contributed by atoms with Crippen LogP contribution in [-0.4, -0.2) is 27.6 Å². The van der Waals surface area contributed by atoms with Crippen LogP contribution in [0.3, 0.4) is 0 Å². The zero-order chi connectivity index (χ0) is 22.5. The molecule has 0 bridgehead atoms. The minimum Gasteiger partial charge on any atom is -0.339 e. The van der Waals surface area contributed by atoms with Crippen LogP contribution in [0.5, 0.6) is 0 Å². The van der Waals surface area contributed by atoms with E-state index in [1.165, 1.54) is 29.0 Å². The largest absolute Gasteiger partial charge is 0.339 e. The van der Waals surface area contributed by atoms with Crippen molar-refractivity contribution in [1.29, 1.82) is 0 Å². The van der Waals surface area contributed by atoms with Gasteiger partial charge in [0.25, 0.3) is 0 Å². The van der Waals surface area contributed by atoms with Gasteiger partial charge in [0.05, 0.1) is 16.6 Å². The molecule has 1 atom stereocenters. The molecule has 6 nitrogen and oxygen atoms in total. The number of thiazole rings is 1. The van der Waals surface area contributed by atoms with E-state index in [2.05, 4.69) is 53.6 Å². The number of carbonyl (C=O) groups excluding carboxylic acids is 1. The second-order valence-corrected chi connectivity index (χ2v) is 9.94. The number of aryl methyl sites for hydroxylation is 2. The van der Waals surface area contributed by atoms with Crippen molar-refractivity contribution in [3.05, 3.63) is 69.9 Å². The number of anilines is 1. The summed E-state index contributed by atoms with van der Waals surface area (Å²) in [5.74, 6) is 1.72. The third-order valence-electron chi connectivity index (χ3n) is 6.61. The van der Waals surface area contributed by atoms with Gasteiger partial charge in [-0.25, -0.2) is 4.98 Å². The minimum absolute atomic E-state index is 0.0844. The molecule has 1 saturated carbocycles. The van der Waals surface area contributed by atoms with Crippen molar-refractivity contribution in [3.63, 3.8) is 0 Å². The van der Waals surface area contributed by atoms with E-state index in [-0.39, 0.29) is 11.8 Å². The third-order valence-corrected chi connectivity index (χ3v) is 7.61. The van der Waals surface area contributed by atoms with E-state index in [9.17, 15) is 4.79 Å². The van der Waals surface area contributed by atoms with Crippen LogP contribution in [0.2, 0.25) is 0 Å². The maximum atomic E-state index is 12.7. The monoisotopic (exact) mass is 456 g/mol. The highest BCUT2D eigenvalue weighted by molar-refractivity contribution is 7.10. The van der Waals surface area contributed by atoms with Crippen molar-refractivity contribution in [3.8, 4) is 22.6 Å². The maximum Gasteiger partial charge on any atom is 0.232 e. The summed E-state index contributed by atoms with van der Waals surface area (Å²) >= 11 is 1.75. The van der Waals surface area contributed by atoms with Crippen LogP contribution < -0.4 is 4.90 Å². The van der Waals surface area contributed by atoms with Crippen molar-refractivity contribution < 1.29 is 9.32 Å². The number of rotatable bonds is 5. The predicted molar refractivity (Wildman–Crippen MR) is 128 cm³/mol. The van der Waals surface area contributed by atoms with Gasteiger partial charge in [0.2, 0.25) is 17.6 Å². The smallest absolute Gasteiger partial charge is 0.232 e. The summed E-state index contributed by atoms with van der Waals surface area (Å²) in [5, 5.41) is 7.57. The van der Waals surface area contributed by atoms with Crippen LogP contribution >= 0.6 is 11.3 Å². The van der Waals surface area contributed by atoms with E-state index in [1.807, 2.05) is 23.1 Å². The highest BCUT2D eigenvalue weighted by Gasteiger charge is 2.35. The van der Waals surface area contributed by atoms with Crippen LogP contribution in [0, 0.1) is 13.8 Å². The number of amides is 1. The summed E-state index contributed by atoms with van der Waals surface area (Å²) in [7, 11) is 0. The highest BCUT2D eigenvalue weighted by atomic mass is 32.1. The van der Waals surface area contributed by atoms with Gasteiger partial charge in [-0.3, -0.25) is 4.79 Å². The van der Waals surface area contributed by atoms with Gasteiger partial charge in [-0.05, 0) is 49.9 Å². The van der Waals surface area contributed by atoms with E-state index in [0.717, 1.165) is 22.5 Å². The van der Waals surface area contributed by atoms with Crippen molar-refractivity contribution in [2.24, 2.45) is 0 Å². The van der Waals surface area contributed by atoms with Crippen molar-refractivity contribution in [2.75, 3.05) is 11.4 Å². The first-order valence-electron chi connectivity index (χ1n) is 11.3. The average Bonchev–Trinajstić information content (AvgIpc) is 3.22. The molecular formula is C26H24N4O2S. The summed E-state index contributed by atoms with van der Waals surface area (Å²) < 4.78 is 5.58. The second-order valence-electron chi connectivity index (χ2n) is 9.05. The Labute approximate surface area is 196 Å². The van der Waals surface area contributed by atoms with Crippen molar-refractivity contribution in [1.82, 2.24) is 15.1 Å². The van der Waals surface area contributed by atoms with E-state index in [0.29, 0.717) is 30.6 Å². The van der Waals surface area contributed by atoms with Gasteiger partial charge in [-0.15, -0.1) is 11.3 Å². The number of carbonyl (C=O) groups is 1. The zero-order valence-electron chi connectivity index (χ0n) is 18.6. The van der Waals surface area contributed by atoms with Crippen LogP contribution in [0.25, 0.3) is 22.6 Å². The lowest BCUT2D eigenvalue weighted by atomic mass is 10.1. The fraction of sp³-hybridized carbons (Fsp3) is 0.308. The molecule has 0 unspecified atom stereocenters. The first-order chi connectivity index (χ1) is 16.0. The molecule has 1 aliphatic carbocycles. The molecule has 0 radical (unpaired) electrons. The Kier molecular flexibility index (Phi) is 4.87. The lowest BCUT2D eigenvalue weighted by Crippen LogP contribution is -2.24. The van der Waals surface area contributed by atoms with Gasteiger partial charge in [-0.2, -0.15) is 4.98 Å². The zero-order valence-corrected chi connectivity index (χ0v) is 19.4. The fourth-order valence-electron chi connectivity index (χ4n) is 4.26. The minimum atomic E-state index is -0.101. The van der Waals surface area contributed by atoms with Crippen molar-refractivity contribution in [2.45, 2.75) is 44.9 Å². The van der Waals surface area contributed by atoms with Crippen LogP contribution in [-0.2, 0) is 4.79 Å². The van der Waals surface area contributed by atoms with Crippen molar-refractivity contribution >= 4 is 22.9 Å². The molecule has 33 heavy (non-hydrogen) atoms. The molecule has 4 aromatic rings. The molecule has 2 aromatic heterocycles. The fourth-order valence-corrected chi connectivity index (χ4v) is 5.26. The molecule has 2 aromatic carbocycles. The number of nitrogens with zero attached hydrogens (tertiary/aromatic N) is 4. The number of hydrogen-bond acceptors (Lipinski definition) is 6. The molecule has 2 aliphatic rings. The van der Waals surface area contributed by atoms with Gasteiger partial charge >= 0.3 is 0 Å². The summed E-state index contributed by atoms with van der Waals surface area (Å²) in [5.41, 5.74) is 6.32. The molecule has 6 rings (SSSR count). The Morgan fingerprint density at radius 1 is 0.970 bits per heavy atom. The normalized spacial score (nSPS) is 18.3. The van der Waals surface area contributed by atoms with Crippen LogP contribution in [0.15, 0.2) is 52.4 Å². The highest BCUT2D eigenvalue weighted by Crippen LogP contribution is 2.42. The Bertz CT molecular complexity index is 1340. The molecule has 1 amide bonds.